The molecule has 5 heteroatoms. The summed E-state index contributed by atoms with van der Waals surface area (Å²) in [5.74, 6) is 5.65. The molecule has 0 heterocycles. The van der Waals surface area contributed by atoms with Crippen LogP contribution in [-0.2, 0) is 9.53 Å². The normalized spacial score (nSPS) is 10.1. The molecule has 0 unspecified atom stereocenters. The number of rotatable bonds is 4. The summed E-state index contributed by atoms with van der Waals surface area (Å²) >= 11 is 0. The van der Waals surface area contributed by atoms with Crippen molar-refractivity contribution in [2.24, 2.45) is 0 Å². The maximum atomic E-state index is 11.6. The van der Waals surface area contributed by atoms with Crippen LogP contribution in [0, 0.1) is 11.8 Å². The highest BCUT2D eigenvalue weighted by Crippen LogP contribution is 2.06. The highest BCUT2D eigenvalue weighted by Gasteiger charge is 2.15. The second-order valence-corrected chi connectivity index (χ2v) is 5.62. The molecule has 1 aromatic rings. The van der Waals surface area contributed by atoms with Crippen molar-refractivity contribution in [3.63, 3.8) is 0 Å². The number of ether oxygens (including phenoxy) is 1. The van der Waals surface area contributed by atoms with Gasteiger partial charge in [0.1, 0.15) is 5.60 Å². The first-order valence-corrected chi connectivity index (χ1v) is 7.14. The van der Waals surface area contributed by atoms with Crippen LogP contribution in [0.5, 0.6) is 0 Å². The molecule has 5 nitrogen and oxygen atoms in total. The summed E-state index contributed by atoms with van der Waals surface area (Å²) in [4.78, 5) is 22.9. The van der Waals surface area contributed by atoms with Crippen molar-refractivity contribution >= 4 is 12.0 Å². The van der Waals surface area contributed by atoms with E-state index in [1.54, 1.807) is 20.8 Å². The minimum absolute atomic E-state index is 0.168. The van der Waals surface area contributed by atoms with E-state index < -0.39 is 11.7 Å². The molecule has 0 saturated heterocycles. The molecule has 22 heavy (non-hydrogen) atoms. The summed E-state index contributed by atoms with van der Waals surface area (Å²) < 4.78 is 5.06. The molecule has 0 spiro atoms. The standard InChI is InChI=1S/C17H22N2O3/c1-17(2,3)22-16(21)19-13-11-15(20)18-12-7-10-14-8-5-4-6-9-14/h4-6,8-9H,11-13H2,1-3H3,(H,18,20)(H,19,21). The lowest BCUT2D eigenvalue weighted by atomic mass is 10.2. The van der Waals surface area contributed by atoms with Gasteiger partial charge in [0.15, 0.2) is 0 Å². The zero-order chi connectivity index (χ0) is 16.4. The van der Waals surface area contributed by atoms with E-state index in [1.165, 1.54) is 0 Å². The molecule has 0 fully saturated rings. The van der Waals surface area contributed by atoms with Crippen molar-refractivity contribution < 1.29 is 14.3 Å². The van der Waals surface area contributed by atoms with Gasteiger partial charge in [0.05, 0.1) is 6.54 Å². The lowest BCUT2D eigenvalue weighted by molar-refractivity contribution is -0.120. The summed E-state index contributed by atoms with van der Waals surface area (Å²) in [6.45, 7) is 5.85. The molecule has 0 saturated carbocycles. The van der Waals surface area contributed by atoms with Gasteiger partial charge in [-0.3, -0.25) is 4.79 Å². The van der Waals surface area contributed by atoms with E-state index >= 15 is 0 Å². The Morgan fingerprint density at radius 1 is 1.14 bits per heavy atom. The zero-order valence-corrected chi connectivity index (χ0v) is 13.2. The number of nitrogens with one attached hydrogen (secondary N) is 2. The molecule has 0 radical (unpaired) electrons. The largest absolute Gasteiger partial charge is 0.444 e. The van der Waals surface area contributed by atoms with Crippen LogP contribution in [0.4, 0.5) is 4.79 Å². The Morgan fingerprint density at radius 2 is 1.82 bits per heavy atom. The molecule has 0 aromatic heterocycles. The van der Waals surface area contributed by atoms with E-state index in [1.807, 2.05) is 30.3 Å². The Hall–Kier alpha value is -2.48. The number of alkyl carbamates (subject to hydrolysis) is 1. The van der Waals surface area contributed by atoms with Crippen molar-refractivity contribution in [2.45, 2.75) is 32.8 Å². The quantitative estimate of drug-likeness (QED) is 0.837. The molecule has 0 aliphatic rings. The molecule has 1 rings (SSSR count). The third-order valence-electron chi connectivity index (χ3n) is 2.40. The third kappa shape index (κ3) is 8.64. The molecule has 118 valence electrons. The second kappa shape index (κ2) is 8.73. The Bertz CT molecular complexity index is 551. The molecule has 2 N–H and O–H groups in total. The Kier molecular flexibility index (Phi) is 6.97. The fraction of sp³-hybridized carbons (Fsp3) is 0.412. The van der Waals surface area contributed by atoms with Gasteiger partial charge in [-0.05, 0) is 32.9 Å². The first-order valence-electron chi connectivity index (χ1n) is 7.14. The van der Waals surface area contributed by atoms with E-state index in [4.69, 9.17) is 4.74 Å². The molecule has 0 bridgehead atoms. The van der Waals surface area contributed by atoms with Crippen molar-refractivity contribution in [1.82, 2.24) is 10.6 Å². The first kappa shape index (κ1) is 17.6. The zero-order valence-electron chi connectivity index (χ0n) is 13.2. The SMILES string of the molecule is CC(C)(C)OC(=O)NCCC(=O)NCC#Cc1ccccc1. The van der Waals surface area contributed by atoms with E-state index in [2.05, 4.69) is 22.5 Å². The first-order chi connectivity index (χ1) is 10.4. The number of amides is 2. The van der Waals surface area contributed by atoms with Crippen LogP contribution in [-0.4, -0.2) is 30.7 Å². The molecule has 2 amide bonds. The summed E-state index contributed by atoms with van der Waals surface area (Å²) in [6.07, 6.45) is -0.337. The monoisotopic (exact) mass is 302 g/mol. The fourth-order valence-corrected chi connectivity index (χ4v) is 1.49. The van der Waals surface area contributed by atoms with Crippen molar-refractivity contribution in [3.05, 3.63) is 35.9 Å². The van der Waals surface area contributed by atoms with E-state index in [-0.39, 0.29) is 25.4 Å². The summed E-state index contributed by atoms with van der Waals surface area (Å²) in [6, 6.07) is 9.54. The number of hydrogen-bond acceptors (Lipinski definition) is 3. The average Bonchev–Trinajstić information content (AvgIpc) is 2.43. The van der Waals surface area contributed by atoms with Gasteiger partial charge in [0.2, 0.25) is 5.91 Å². The van der Waals surface area contributed by atoms with Crippen LogP contribution in [0.25, 0.3) is 0 Å². The fourth-order valence-electron chi connectivity index (χ4n) is 1.49. The van der Waals surface area contributed by atoms with E-state index in [0.29, 0.717) is 0 Å². The van der Waals surface area contributed by atoms with Crippen molar-refractivity contribution in [2.75, 3.05) is 13.1 Å². The highest BCUT2D eigenvalue weighted by atomic mass is 16.6. The van der Waals surface area contributed by atoms with Gasteiger partial charge in [-0.25, -0.2) is 4.79 Å². The maximum Gasteiger partial charge on any atom is 0.407 e. The van der Waals surface area contributed by atoms with E-state index in [0.717, 1.165) is 5.56 Å². The highest BCUT2D eigenvalue weighted by molar-refractivity contribution is 5.77. The van der Waals surface area contributed by atoms with Crippen LogP contribution in [0.2, 0.25) is 0 Å². The van der Waals surface area contributed by atoms with Gasteiger partial charge in [0, 0.05) is 18.5 Å². The summed E-state index contributed by atoms with van der Waals surface area (Å²) in [5, 5.41) is 5.20. The van der Waals surface area contributed by atoms with Gasteiger partial charge in [-0.2, -0.15) is 0 Å². The predicted molar refractivity (Wildman–Crippen MR) is 85.2 cm³/mol. The number of hydrogen-bond donors (Lipinski definition) is 2. The molecule has 0 atom stereocenters. The smallest absolute Gasteiger partial charge is 0.407 e. The minimum atomic E-state index is -0.542. The Morgan fingerprint density at radius 3 is 2.45 bits per heavy atom. The summed E-state index contributed by atoms with van der Waals surface area (Å²) in [5.41, 5.74) is 0.364. The second-order valence-electron chi connectivity index (χ2n) is 5.62. The van der Waals surface area contributed by atoms with E-state index in [9.17, 15) is 9.59 Å². The lowest BCUT2D eigenvalue weighted by Crippen LogP contribution is -2.35. The Labute approximate surface area is 131 Å². The Balaban J connectivity index is 2.17. The lowest BCUT2D eigenvalue weighted by Gasteiger charge is -2.19. The summed E-state index contributed by atoms with van der Waals surface area (Å²) in [7, 11) is 0. The average molecular weight is 302 g/mol. The number of carbonyl (C=O) groups excluding carboxylic acids is 2. The number of carbonyl (C=O) groups is 2. The molecule has 1 aromatic carbocycles. The van der Waals surface area contributed by atoms with Gasteiger partial charge >= 0.3 is 6.09 Å². The van der Waals surface area contributed by atoms with Crippen LogP contribution in [0.1, 0.15) is 32.8 Å². The van der Waals surface area contributed by atoms with Crippen LogP contribution in [0.3, 0.4) is 0 Å². The van der Waals surface area contributed by atoms with Gasteiger partial charge in [0.25, 0.3) is 0 Å². The molecule has 0 aliphatic carbocycles. The third-order valence-corrected chi connectivity index (χ3v) is 2.40. The molecular formula is C17H22N2O3. The minimum Gasteiger partial charge on any atom is -0.444 e. The molecular weight excluding hydrogens is 280 g/mol. The maximum absolute atomic E-state index is 11.6. The topological polar surface area (TPSA) is 67.4 Å². The van der Waals surface area contributed by atoms with Crippen LogP contribution >= 0.6 is 0 Å². The molecule has 0 aliphatic heterocycles. The van der Waals surface area contributed by atoms with Gasteiger partial charge in [-0.1, -0.05) is 30.0 Å². The van der Waals surface area contributed by atoms with Gasteiger partial charge in [-0.15, -0.1) is 0 Å². The van der Waals surface area contributed by atoms with Crippen LogP contribution < -0.4 is 10.6 Å². The van der Waals surface area contributed by atoms with Crippen molar-refractivity contribution in [3.8, 4) is 11.8 Å². The van der Waals surface area contributed by atoms with Crippen LogP contribution in [0.15, 0.2) is 30.3 Å². The number of benzene rings is 1. The van der Waals surface area contributed by atoms with Crippen molar-refractivity contribution in [1.29, 1.82) is 0 Å². The predicted octanol–water partition coefficient (Wildman–Crippen LogP) is 2.07. The van der Waals surface area contributed by atoms with Gasteiger partial charge < -0.3 is 15.4 Å².